The lowest BCUT2D eigenvalue weighted by Crippen LogP contribution is -2.61. The number of amides is 3. The predicted octanol–water partition coefficient (Wildman–Crippen LogP) is 0.732. The van der Waals surface area contributed by atoms with Gasteiger partial charge in [0.2, 0.25) is 11.9 Å². The average molecular weight is 335 g/mol. The van der Waals surface area contributed by atoms with Gasteiger partial charge in [-0.2, -0.15) is 0 Å². The van der Waals surface area contributed by atoms with Gasteiger partial charge >= 0.3 is 12.0 Å². The van der Waals surface area contributed by atoms with Crippen molar-refractivity contribution in [2.75, 3.05) is 21.1 Å². The summed E-state index contributed by atoms with van der Waals surface area (Å²) in [5, 5.41) is 3.61. The molecular formula is C15H17ClN5O2+. The van der Waals surface area contributed by atoms with Crippen LogP contribution in [0.3, 0.4) is 0 Å². The number of nitrogens with one attached hydrogen (secondary N) is 1. The number of likely N-dealkylation sites (N-methyl/N-ethyl adjacent to an activating group) is 2. The predicted molar refractivity (Wildman–Crippen MR) is 86.6 cm³/mol. The average Bonchev–Trinajstić information content (AvgIpc) is 2.91. The first-order valence-electron chi connectivity index (χ1n) is 7.14. The molecule has 1 N–H and O–H groups in total. The maximum Gasteiger partial charge on any atom is 0.390 e. The van der Waals surface area contributed by atoms with Crippen molar-refractivity contribution < 1.29 is 14.2 Å². The van der Waals surface area contributed by atoms with Crippen molar-refractivity contribution in [1.29, 1.82) is 0 Å². The van der Waals surface area contributed by atoms with E-state index in [-0.39, 0.29) is 11.9 Å². The van der Waals surface area contributed by atoms with Crippen LogP contribution < -0.4 is 5.32 Å². The number of urea groups is 1. The zero-order chi connectivity index (χ0) is 16.7. The second-order valence-corrected chi connectivity index (χ2v) is 5.81. The third-order valence-corrected chi connectivity index (χ3v) is 4.42. The molecule has 3 rings (SSSR count). The zero-order valence-electron chi connectivity index (χ0n) is 13.1. The third-order valence-electron chi connectivity index (χ3n) is 4.05. The Kier molecular flexibility index (Phi) is 3.81. The Labute approximate surface area is 138 Å². The molecule has 1 aromatic carbocycles. The number of hydrogen-bond acceptors (Lipinski definition) is 4. The number of imide groups is 1. The van der Waals surface area contributed by atoms with Crippen LogP contribution in [-0.4, -0.2) is 65.3 Å². The molecule has 2 heterocycles. The van der Waals surface area contributed by atoms with Gasteiger partial charge in [-0.1, -0.05) is 34.8 Å². The largest absolute Gasteiger partial charge is 0.390 e. The van der Waals surface area contributed by atoms with Gasteiger partial charge in [0, 0.05) is 24.7 Å². The minimum absolute atomic E-state index is 0.302. The molecule has 1 saturated heterocycles. The SMILES string of the molecule is CNC1=[N+](Cc2ccccc2Cl)C2C(=O)N(C)C(=O)N(C)C2=N1. The Morgan fingerprint density at radius 2 is 1.96 bits per heavy atom. The molecule has 2 aliphatic heterocycles. The molecule has 8 heteroatoms. The summed E-state index contributed by atoms with van der Waals surface area (Å²) in [6.07, 6.45) is 0. The fourth-order valence-corrected chi connectivity index (χ4v) is 2.97. The van der Waals surface area contributed by atoms with Gasteiger partial charge in [0.1, 0.15) is 0 Å². The molecule has 0 bridgehead atoms. The molecule has 1 aromatic rings. The summed E-state index contributed by atoms with van der Waals surface area (Å²) in [4.78, 5) is 31.6. The van der Waals surface area contributed by atoms with Crippen molar-refractivity contribution in [2.24, 2.45) is 4.99 Å². The van der Waals surface area contributed by atoms with Gasteiger partial charge in [-0.15, -0.1) is 0 Å². The maximum atomic E-state index is 12.6. The fourth-order valence-electron chi connectivity index (χ4n) is 2.77. The molecule has 0 radical (unpaired) electrons. The van der Waals surface area contributed by atoms with Crippen LogP contribution in [0.2, 0.25) is 5.02 Å². The summed E-state index contributed by atoms with van der Waals surface area (Å²) in [5.41, 5.74) is 0.883. The number of guanidine groups is 1. The molecule has 0 aliphatic carbocycles. The van der Waals surface area contributed by atoms with Crippen molar-refractivity contribution in [3.63, 3.8) is 0 Å². The van der Waals surface area contributed by atoms with Gasteiger partial charge in [-0.3, -0.25) is 19.9 Å². The van der Waals surface area contributed by atoms with Crippen LogP contribution in [0.15, 0.2) is 29.3 Å². The van der Waals surface area contributed by atoms with E-state index < -0.39 is 6.04 Å². The summed E-state index contributed by atoms with van der Waals surface area (Å²) >= 11 is 6.23. The van der Waals surface area contributed by atoms with E-state index in [9.17, 15) is 9.59 Å². The Hall–Kier alpha value is -2.41. The monoisotopic (exact) mass is 334 g/mol. The zero-order valence-corrected chi connectivity index (χ0v) is 13.8. The molecular weight excluding hydrogens is 318 g/mol. The third kappa shape index (κ3) is 2.37. The van der Waals surface area contributed by atoms with Crippen LogP contribution in [0.5, 0.6) is 0 Å². The van der Waals surface area contributed by atoms with Crippen LogP contribution in [0, 0.1) is 0 Å². The molecule has 0 spiro atoms. The topological polar surface area (TPSA) is 68.0 Å². The Balaban J connectivity index is 2.02. The van der Waals surface area contributed by atoms with Gasteiger partial charge in [0.25, 0.3) is 5.91 Å². The van der Waals surface area contributed by atoms with Crippen LogP contribution in [0.4, 0.5) is 4.79 Å². The normalized spacial score (nSPS) is 20.9. The quantitative estimate of drug-likeness (QED) is 0.811. The molecule has 3 amide bonds. The van der Waals surface area contributed by atoms with Crippen molar-refractivity contribution in [2.45, 2.75) is 12.6 Å². The van der Waals surface area contributed by atoms with Gasteiger partial charge in [-0.05, 0) is 6.07 Å². The molecule has 1 unspecified atom stereocenters. The van der Waals surface area contributed by atoms with E-state index >= 15 is 0 Å². The molecule has 1 fully saturated rings. The first-order chi connectivity index (χ1) is 11.0. The molecule has 2 aliphatic rings. The van der Waals surface area contributed by atoms with Gasteiger partial charge in [0.05, 0.1) is 13.6 Å². The minimum Gasteiger partial charge on any atom is -0.277 e. The molecule has 0 aromatic heterocycles. The maximum absolute atomic E-state index is 12.6. The van der Waals surface area contributed by atoms with Crippen LogP contribution in [-0.2, 0) is 11.3 Å². The molecule has 0 saturated carbocycles. The summed E-state index contributed by atoms with van der Waals surface area (Å²) in [6, 6.07) is 6.42. The summed E-state index contributed by atoms with van der Waals surface area (Å²) in [6.45, 7) is 0.412. The number of hydrogen-bond donors (Lipinski definition) is 1. The molecule has 23 heavy (non-hydrogen) atoms. The van der Waals surface area contributed by atoms with E-state index in [1.54, 1.807) is 20.2 Å². The number of nitrogens with zero attached hydrogens (tertiary/aromatic N) is 4. The van der Waals surface area contributed by atoms with E-state index in [0.717, 1.165) is 10.5 Å². The highest BCUT2D eigenvalue weighted by Gasteiger charge is 2.51. The van der Waals surface area contributed by atoms with Crippen LogP contribution in [0.25, 0.3) is 0 Å². The summed E-state index contributed by atoms with van der Waals surface area (Å²) < 4.78 is 1.82. The smallest absolute Gasteiger partial charge is 0.277 e. The summed E-state index contributed by atoms with van der Waals surface area (Å²) in [5.74, 6) is 0.659. The van der Waals surface area contributed by atoms with E-state index in [1.807, 2.05) is 22.8 Å². The highest BCUT2D eigenvalue weighted by molar-refractivity contribution is 6.31. The number of carbonyl (C=O) groups excluding carboxylic acids is 2. The van der Waals surface area contributed by atoms with Crippen LogP contribution in [0.1, 0.15) is 5.56 Å². The number of amidine groups is 1. The summed E-state index contributed by atoms with van der Waals surface area (Å²) in [7, 11) is 4.82. The van der Waals surface area contributed by atoms with Crippen LogP contribution >= 0.6 is 11.6 Å². The lowest BCUT2D eigenvalue weighted by Gasteiger charge is -2.31. The highest BCUT2D eigenvalue weighted by atomic mass is 35.5. The molecule has 7 nitrogen and oxygen atoms in total. The fraction of sp³-hybridized carbons (Fsp3) is 0.333. The van der Waals surface area contributed by atoms with Crippen molar-refractivity contribution in [3.8, 4) is 0 Å². The Bertz CT molecular complexity index is 758. The van der Waals surface area contributed by atoms with Gasteiger partial charge in [-0.25, -0.2) is 9.37 Å². The number of carbonyl (C=O) groups is 2. The lowest BCUT2D eigenvalue weighted by molar-refractivity contribution is -0.552. The van der Waals surface area contributed by atoms with Crippen molar-refractivity contribution in [1.82, 2.24) is 15.1 Å². The minimum atomic E-state index is -0.638. The van der Waals surface area contributed by atoms with E-state index in [0.29, 0.717) is 23.4 Å². The number of halogens is 1. The van der Waals surface area contributed by atoms with Gasteiger partial charge < -0.3 is 0 Å². The van der Waals surface area contributed by atoms with E-state index in [1.165, 1.54) is 11.9 Å². The standard InChI is InChI=1S/C15H16ClN5O2/c1-17-14-18-12-11(13(22)20(3)15(23)19(12)2)21(14)8-9-6-4-5-7-10(9)16/h4-7,11H,8H2,1-3H3/p+1. The van der Waals surface area contributed by atoms with Crippen molar-refractivity contribution >= 4 is 35.3 Å². The second-order valence-electron chi connectivity index (χ2n) is 5.40. The van der Waals surface area contributed by atoms with Crippen molar-refractivity contribution in [3.05, 3.63) is 34.9 Å². The van der Waals surface area contributed by atoms with E-state index in [2.05, 4.69) is 10.3 Å². The first kappa shape index (κ1) is 15.5. The number of rotatable bonds is 2. The number of benzene rings is 1. The first-order valence-corrected chi connectivity index (χ1v) is 7.52. The number of aliphatic imine (C=N–C) groups is 1. The number of fused-ring (bicyclic) bond motifs is 1. The second kappa shape index (κ2) is 5.66. The molecule has 1 atom stereocenters. The lowest BCUT2D eigenvalue weighted by atomic mass is 10.1. The highest BCUT2D eigenvalue weighted by Crippen LogP contribution is 2.22. The molecule has 120 valence electrons. The Morgan fingerprint density at radius 3 is 2.61 bits per heavy atom. The van der Waals surface area contributed by atoms with E-state index in [4.69, 9.17) is 11.6 Å². The van der Waals surface area contributed by atoms with Gasteiger partial charge in [0.15, 0.2) is 0 Å². The Morgan fingerprint density at radius 1 is 1.26 bits per heavy atom.